The number of nitrogens with one attached hydrogen (secondary N) is 1. The van der Waals surface area contributed by atoms with Crippen molar-refractivity contribution in [3.63, 3.8) is 0 Å². The van der Waals surface area contributed by atoms with E-state index in [2.05, 4.69) is 17.4 Å². The van der Waals surface area contributed by atoms with Crippen molar-refractivity contribution in [2.45, 2.75) is 38.8 Å². The van der Waals surface area contributed by atoms with Crippen LogP contribution < -0.4 is 15.1 Å². The largest absolute Gasteiger partial charge is 0.481 e. The molecule has 0 radical (unpaired) electrons. The SMILES string of the molecule is CC(=O)O.COC(=O)CCC1CN(c2ccccc2)C(=O)N1c1ccc2c(c1)CCNC2. The Morgan fingerprint density at radius 1 is 1.12 bits per heavy atom. The molecule has 2 heterocycles. The van der Waals surface area contributed by atoms with Crippen molar-refractivity contribution in [1.82, 2.24) is 5.32 Å². The average molecular weight is 440 g/mol. The molecule has 170 valence electrons. The number of benzene rings is 2. The predicted octanol–water partition coefficient (Wildman–Crippen LogP) is 3.19. The van der Waals surface area contributed by atoms with Crippen LogP contribution >= 0.6 is 0 Å². The molecule has 0 bridgehead atoms. The van der Waals surface area contributed by atoms with E-state index in [1.54, 1.807) is 4.90 Å². The molecule has 8 nitrogen and oxygen atoms in total. The summed E-state index contributed by atoms with van der Waals surface area (Å²) in [5, 5.41) is 10.8. The summed E-state index contributed by atoms with van der Waals surface area (Å²) >= 11 is 0. The first-order valence-electron chi connectivity index (χ1n) is 10.7. The van der Waals surface area contributed by atoms with Gasteiger partial charge in [-0.15, -0.1) is 0 Å². The van der Waals surface area contributed by atoms with Crippen LogP contribution in [0, 0.1) is 0 Å². The van der Waals surface area contributed by atoms with Gasteiger partial charge in [-0.2, -0.15) is 0 Å². The maximum Gasteiger partial charge on any atom is 0.329 e. The third-order valence-corrected chi connectivity index (χ3v) is 5.53. The number of esters is 1. The minimum atomic E-state index is -0.833. The number of carbonyl (C=O) groups is 3. The lowest BCUT2D eigenvalue weighted by molar-refractivity contribution is -0.140. The molecule has 0 saturated carbocycles. The lowest BCUT2D eigenvalue weighted by Crippen LogP contribution is -2.35. The number of fused-ring (bicyclic) bond motifs is 1. The molecule has 2 N–H and O–H groups in total. The van der Waals surface area contributed by atoms with Crippen molar-refractivity contribution in [2.75, 3.05) is 30.0 Å². The van der Waals surface area contributed by atoms with E-state index in [-0.39, 0.29) is 18.0 Å². The quantitative estimate of drug-likeness (QED) is 0.694. The average Bonchev–Trinajstić information content (AvgIpc) is 3.13. The maximum absolute atomic E-state index is 13.3. The van der Waals surface area contributed by atoms with E-state index in [0.717, 1.165) is 37.8 Å². The van der Waals surface area contributed by atoms with Crippen molar-refractivity contribution in [1.29, 1.82) is 0 Å². The van der Waals surface area contributed by atoms with E-state index >= 15 is 0 Å². The highest BCUT2D eigenvalue weighted by atomic mass is 16.5. The molecule has 32 heavy (non-hydrogen) atoms. The second kappa shape index (κ2) is 10.8. The lowest BCUT2D eigenvalue weighted by atomic mass is 9.99. The summed E-state index contributed by atoms with van der Waals surface area (Å²) in [6, 6.07) is 15.8. The highest BCUT2D eigenvalue weighted by Gasteiger charge is 2.39. The number of carboxylic acid groups (broad SMARTS) is 1. The summed E-state index contributed by atoms with van der Waals surface area (Å²) in [5.74, 6) is -1.08. The van der Waals surface area contributed by atoms with Gasteiger partial charge < -0.3 is 15.2 Å². The van der Waals surface area contributed by atoms with Crippen molar-refractivity contribution in [3.8, 4) is 0 Å². The summed E-state index contributed by atoms with van der Waals surface area (Å²) in [6.07, 6.45) is 1.82. The number of anilines is 2. The van der Waals surface area contributed by atoms with Crippen LogP contribution in [0.2, 0.25) is 0 Å². The normalized spacial score (nSPS) is 17.3. The smallest absolute Gasteiger partial charge is 0.329 e. The van der Waals surface area contributed by atoms with Gasteiger partial charge in [-0.05, 0) is 54.8 Å². The van der Waals surface area contributed by atoms with Crippen molar-refractivity contribution in [2.24, 2.45) is 0 Å². The summed E-state index contributed by atoms with van der Waals surface area (Å²) in [5.41, 5.74) is 4.35. The molecular formula is C24H29N3O5. The molecule has 1 fully saturated rings. The number of hydrogen-bond donors (Lipinski definition) is 2. The van der Waals surface area contributed by atoms with Gasteiger partial charge in [0.15, 0.2) is 0 Å². The second-order valence-electron chi connectivity index (χ2n) is 7.77. The number of carbonyl (C=O) groups excluding carboxylic acids is 2. The first kappa shape index (κ1) is 23.3. The summed E-state index contributed by atoms with van der Waals surface area (Å²) in [7, 11) is 1.40. The van der Waals surface area contributed by atoms with E-state index in [4.69, 9.17) is 14.6 Å². The Labute approximate surface area is 187 Å². The fourth-order valence-corrected chi connectivity index (χ4v) is 4.02. The summed E-state index contributed by atoms with van der Waals surface area (Å²) < 4.78 is 4.80. The molecule has 8 heteroatoms. The number of amides is 2. The molecule has 0 aliphatic carbocycles. The molecule has 2 aliphatic rings. The predicted molar refractivity (Wildman–Crippen MR) is 122 cm³/mol. The molecule has 2 aliphatic heterocycles. The molecule has 4 rings (SSSR count). The van der Waals surface area contributed by atoms with Crippen LogP contribution in [0.1, 0.15) is 30.9 Å². The molecular weight excluding hydrogens is 410 g/mol. The van der Waals surface area contributed by atoms with Gasteiger partial charge in [0.05, 0.1) is 13.2 Å². The monoisotopic (exact) mass is 439 g/mol. The molecule has 1 unspecified atom stereocenters. The Morgan fingerprint density at radius 3 is 2.53 bits per heavy atom. The molecule has 2 aromatic rings. The van der Waals surface area contributed by atoms with Crippen molar-refractivity contribution in [3.05, 3.63) is 59.7 Å². The van der Waals surface area contributed by atoms with Gasteiger partial charge in [0.2, 0.25) is 0 Å². The van der Waals surface area contributed by atoms with Gasteiger partial charge >= 0.3 is 12.0 Å². The highest BCUT2D eigenvalue weighted by molar-refractivity contribution is 6.07. The number of ether oxygens (including phenoxy) is 1. The topological polar surface area (TPSA) is 99.2 Å². The van der Waals surface area contributed by atoms with Gasteiger partial charge in [-0.1, -0.05) is 24.3 Å². The van der Waals surface area contributed by atoms with E-state index < -0.39 is 5.97 Å². The van der Waals surface area contributed by atoms with Crippen LogP contribution in [0.5, 0.6) is 0 Å². The zero-order valence-corrected chi connectivity index (χ0v) is 18.4. The molecule has 0 aromatic heterocycles. The van der Waals surface area contributed by atoms with Crippen LogP contribution in [0.3, 0.4) is 0 Å². The molecule has 2 amide bonds. The summed E-state index contributed by atoms with van der Waals surface area (Å²) in [4.78, 5) is 37.7. The zero-order valence-electron chi connectivity index (χ0n) is 18.4. The van der Waals surface area contributed by atoms with Crippen LogP contribution in [-0.2, 0) is 27.3 Å². The Hall–Kier alpha value is -3.39. The van der Waals surface area contributed by atoms with Gasteiger partial charge in [0.25, 0.3) is 5.97 Å². The maximum atomic E-state index is 13.3. The highest BCUT2D eigenvalue weighted by Crippen LogP contribution is 2.32. The van der Waals surface area contributed by atoms with Gasteiger partial charge in [-0.3, -0.25) is 19.4 Å². The number of methoxy groups -OCH3 is 1. The minimum absolute atomic E-state index is 0.0463. The van der Waals surface area contributed by atoms with Gasteiger partial charge in [-0.25, -0.2) is 4.79 Å². The molecule has 0 spiro atoms. The fourth-order valence-electron chi connectivity index (χ4n) is 4.02. The number of urea groups is 1. The zero-order chi connectivity index (χ0) is 23.1. The number of rotatable bonds is 5. The second-order valence-corrected chi connectivity index (χ2v) is 7.77. The van der Waals surface area contributed by atoms with E-state index in [9.17, 15) is 9.59 Å². The van der Waals surface area contributed by atoms with E-state index in [1.807, 2.05) is 41.3 Å². The Morgan fingerprint density at radius 2 is 1.84 bits per heavy atom. The van der Waals surface area contributed by atoms with E-state index in [0.29, 0.717) is 19.4 Å². The van der Waals surface area contributed by atoms with Gasteiger partial charge in [0.1, 0.15) is 0 Å². The van der Waals surface area contributed by atoms with Crippen molar-refractivity contribution < 1.29 is 24.2 Å². The number of aliphatic carboxylic acids is 1. The van der Waals surface area contributed by atoms with Crippen molar-refractivity contribution >= 4 is 29.3 Å². The number of para-hydroxylation sites is 1. The molecule has 1 saturated heterocycles. The summed E-state index contributed by atoms with van der Waals surface area (Å²) in [6.45, 7) is 3.45. The Bertz CT molecular complexity index is 959. The Kier molecular flexibility index (Phi) is 7.83. The lowest BCUT2D eigenvalue weighted by Gasteiger charge is -2.25. The molecule has 2 aromatic carbocycles. The van der Waals surface area contributed by atoms with Crippen LogP contribution in [0.25, 0.3) is 0 Å². The third kappa shape index (κ3) is 5.64. The number of nitrogens with zero attached hydrogens (tertiary/aromatic N) is 2. The van der Waals surface area contributed by atoms with Crippen LogP contribution in [0.4, 0.5) is 16.2 Å². The minimum Gasteiger partial charge on any atom is -0.481 e. The number of carboxylic acids is 1. The Balaban J connectivity index is 0.000000668. The van der Waals surface area contributed by atoms with Crippen LogP contribution in [0.15, 0.2) is 48.5 Å². The first-order valence-corrected chi connectivity index (χ1v) is 10.7. The molecule has 1 atom stereocenters. The fraction of sp³-hybridized carbons (Fsp3) is 0.375. The first-order chi connectivity index (χ1) is 15.4. The standard InChI is InChI=1S/C22H25N3O3.C2H4O2/c1-28-21(26)10-9-20-15-24(18-5-3-2-4-6-18)22(27)25(20)19-8-7-17-14-23-12-11-16(17)13-19;1-2(3)4/h2-8,13,20,23H,9-12,14-15H2,1H3;1H3,(H,3,4). The van der Waals surface area contributed by atoms with Gasteiger partial charge in [0, 0.05) is 37.8 Å². The van der Waals surface area contributed by atoms with Crippen LogP contribution in [-0.4, -0.2) is 49.3 Å². The third-order valence-electron chi connectivity index (χ3n) is 5.53. The van der Waals surface area contributed by atoms with E-state index in [1.165, 1.54) is 18.2 Å². The number of hydrogen-bond acceptors (Lipinski definition) is 5.